The number of nitrogens with zero attached hydrogens (tertiary/aromatic N) is 2. The van der Waals surface area contributed by atoms with E-state index in [1.54, 1.807) is 6.20 Å². The maximum atomic E-state index is 12.5. The van der Waals surface area contributed by atoms with Gasteiger partial charge in [-0.3, -0.25) is 9.78 Å². The Hall–Kier alpha value is -2.15. The summed E-state index contributed by atoms with van der Waals surface area (Å²) < 4.78 is 3.02. The Morgan fingerprint density at radius 2 is 2.09 bits per heavy atom. The van der Waals surface area contributed by atoms with E-state index in [4.69, 9.17) is 0 Å². The average molecular weight is 417 g/mol. The zero-order valence-corrected chi connectivity index (χ0v) is 14.8. The van der Waals surface area contributed by atoms with Crippen LogP contribution in [0.5, 0.6) is 0 Å². The van der Waals surface area contributed by atoms with Gasteiger partial charge in [-0.1, -0.05) is 12.1 Å². The van der Waals surface area contributed by atoms with Gasteiger partial charge in [-0.05, 0) is 71.5 Å². The van der Waals surface area contributed by atoms with Gasteiger partial charge in [-0.2, -0.15) is 0 Å². The molecular weight excluding hydrogens is 401 g/mol. The van der Waals surface area contributed by atoms with Crippen LogP contribution in [-0.2, 0) is 6.54 Å². The van der Waals surface area contributed by atoms with Crippen molar-refractivity contribution < 1.29 is 4.79 Å². The number of benzene rings is 1. The Morgan fingerprint density at radius 1 is 1.22 bits per heavy atom. The van der Waals surface area contributed by atoms with Crippen molar-refractivity contribution in [3.63, 3.8) is 0 Å². The number of halogens is 1. The number of rotatable bonds is 4. The number of carbonyl (C=O) groups is 1. The molecule has 2 aromatic heterocycles. The topological polar surface area (TPSA) is 46.9 Å². The molecule has 0 atom stereocenters. The lowest BCUT2D eigenvalue weighted by molar-refractivity contribution is 0.0944. The van der Waals surface area contributed by atoms with Crippen molar-refractivity contribution in [3.8, 4) is 5.69 Å². The summed E-state index contributed by atoms with van der Waals surface area (Å²) in [6.07, 6.45) is 3.68. The van der Waals surface area contributed by atoms with Crippen LogP contribution in [0.15, 0.2) is 60.9 Å². The highest BCUT2D eigenvalue weighted by Gasteiger charge is 2.12. The molecule has 0 radical (unpaired) electrons. The summed E-state index contributed by atoms with van der Waals surface area (Å²) in [5, 5.41) is 2.94. The first-order chi connectivity index (χ1) is 11.1. The second-order valence-electron chi connectivity index (χ2n) is 5.23. The molecule has 2 heterocycles. The number of nitrogens with one attached hydrogen (secondary N) is 1. The highest BCUT2D eigenvalue weighted by molar-refractivity contribution is 14.1. The van der Waals surface area contributed by atoms with Crippen LogP contribution in [-0.4, -0.2) is 15.5 Å². The van der Waals surface area contributed by atoms with E-state index < -0.39 is 0 Å². The number of aryl methyl sites for hydroxylation is 1. The van der Waals surface area contributed by atoms with E-state index in [9.17, 15) is 4.79 Å². The molecule has 0 bridgehead atoms. The van der Waals surface area contributed by atoms with Gasteiger partial charge >= 0.3 is 0 Å². The lowest BCUT2D eigenvalue weighted by Crippen LogP contribution is -2.25. The van der Waals surface area contributed by atoms with E-state index in [1.165, 1.54) is 0 Å². The van der Waals surface area contributed by atoms with E-state index in [0.29, 0.717) is 12.2 Å². The molecule has 0 saturated heterocycles. The normalized spacial score (nSPS) is 10.5. The van der Waals surface area contributed by atoms with Crippen LogP contribution in [0.3, 0.4) is 0 Å². The third-order valence-corrected chi connectivity index (χ3v) is 4.16. The van der Waals surface area contributed by atoms with E-state index in [2.05, 4.69) is 32.9 Å². The quantitative estimate of drug-likeness (QED) is 0.658. The van der Waals surface area contributed by atoms with Crippen LogP contribution >= 0.6 is 22.6 Å². The first-order valence-electron chi connectivity index (χ1n) is 7.26. The van der Waals surface area contributed by atoms with Crippen LogP contribution in [0.2, 0.25) is 0 Å². The SMILES string of the molecule is Cc1ccc(CNC(=O)c2cccn2-c2cccc(I)c2)cn1. The Balaban J connectivity index is 1.76. The number of pyridine rings is 1. The molecule has 1 N–H and O–H groups in total. The molecule has 1 amide bonds. The summed E-state index contributed by atoms with van der Waals surface area (Å²) in [6.45, 7) is 2.40. The predicted octanol–water partition coefficient (Wildman–Crippen LogP) is 3.72. The minimum absolute atomic E-state index is 0.102. The zero-order valence-electron chi connectivity index (χ0n) is 12.7. The fraction of sp³-hybridized carbons (Fsp3) is 0.111. The van der Waals surface area contributed by atoms with Gasteiger partial charge in [-0.25, -0.2) is 0 Å². The molecule has 3 rings (SSSR count). The van der Waals surface area contributed by atoms with Gasteiger partial charge in [0.15, 0.2) is 0 Å². The number of amides is 1. The molecule has 0 aliphatic rings. The van der Waals surface area contributed by atoms with Crippen molar-refractivity contribution in [2.45, 2.75) is 13.5 Å². The average Bonchev–Trinajstić information content (AvgIpc) is 3.04. The highest BCUT2D eigenvalue weighted by Crippen LogP contribution is 2.16. The van der Waals surface area contributed by atoms with E-state index in [-0.39, 0.29) is 5.91 Å². The Bertz CT molecular complexity index is 824. The maximum absolute atomic E-state index is 12.5. The van der Waals surface area contributed by atoms with Crippen LogP contribution in [0, 0.1) is 10.5 Å². The Kier molecular flexibility index (Phi) is 4.76. The standard InChI is InChI=1S/C18H16IN3O/c1-13-7-8-14(11-20-13)12-21-18(23)17-6-3-9-22(17)16-5-2-4-15(19)10-16/h2-11H,12H2,1H3,(H,21,23). The third-order valence-electron chi connectivity index (χ3n) is 3.49. The summed E-state index contributed by atoms with van der Waals surface area (Å²) in [5.41, 5.74) is 3.54. The largest absolute Gasteiger partial charge is 0.347 e. The smallest absolute Gasteiger partial charge is 0.268 e. The first-order valence-corrected chi connectivity index (χ1v) is 8.34. The highest BCUT2D eigenvalue weighted by atomic mass is 127. The van der Waals surface area contributed by atoms with Crippen molar-refractivity contribution >= 4 is 28.5 Å². The number of aromatic nitrogens is 2. The van der Waals surface area contributed by atoms with Crippen molar-refractivity contribution in [1.82, 2.24) is 14.9 Å². The van der Waals surface area contributed by atoms with Gasteiger partial charge in [0.2, 0.25) is 0 Å². The van der Waals surface area contributed by atoms with E-state index in [1.807, 2.05) is 66.2 Å². The first kappa shape index (κ1) is 15.7. The molecule has 3 aromatic rings. The van der Waals surface area contributed by atoms with E-state index >= 15 is 0 Å². The van der Waals surface area contributed by atoms with Gasteiger partial charge < -0.3 is 9.88 Å². The van der Waals surface area contributed by atoms with Crippen molar-refractivity contribution in [2.75, 3.05) is 0 Å². The second-order valence-corrected chi connectivity index (χ2v) is 6.48. The number of hydrogen-bond donors (Lipinski definition) is 1. The van der Waals surface area contributed by atoms with Gasteiger partial charge in [0, 0.05) is 33.9 Å². The van der Waals surface area contributed by atoms with Crippen LogP contribution in [0.4, 0.5) is 0 Å². The fourth-order valence-corrected chi connectivity index (χ4v) is 2.82. The molecule has 1 aromatic carbocycles. The molecule has 23 heavy (non-hydrogen) atoms. The molecule has 0 saturated carbocycles. The van der Waals surface area contributed by atoms with Crippen molar-refractivity contribution in [3.05, 3.63) is 81.4 Å². The molecule has 0 aliphatic carbocycles. The van der Waals surface area contributed by atoms with Crippen LogP contribution < -0.4 is 5.32 Å². The van der Waals surface area contributed by atoms with Gasteiger partial charge in [-0.15, -0.1) is 0 Å². The molecule has 4 nitrogen and oxygen atoms in total. The summed E-state index contributed by atoms with van der Waals surface area (Å²) in [4.78, 5) is 16.7. The summed E-state index contributed by atoms with van der Waals surface area (Å²) in [6, 6.07) is 15.7. The van der Waals surface area contributed by atoms with Gasteiger partial charge in [0.05, 0.1) is 0 Å². The number of carbonyl (C=O) groups excluding carboxylic acids is 1. The predicted molar refractivity (Wildman–Crippen MR) is 98.6 cm³/mol. The lowest BCUT2D eigenvalue weighted by atomic mass is 10.2. The molecule has 5 heteroatoms. The monoisotopic (exact) mass is 417 g/mol. The summed E-state index contributed by atoms with van der Waals surface area (Å²) >= 11 is 2.27. The Labute approximate surface area is 148 Å². The fourth-order valence-electron chi connectivity index (χ4n) is 2.29. The molecule has 0 aliphatic heterocycles. The van der Waals surface area contributed by atoms with Gasteiger partial charge in [0.1, 0.15) is 5.69 Å². The molecular formula is C18H16IN3O. The second kappa shape index (κ2) is 6.95. The van der Waals surface area contributed by atoms with Crippen LogP contribution in [0.25, 0.3) is 5.69 Å². The molecule has 116 valence electrons. The van der Waals surface area contributed by atoms with E-state index in [0.717, 1.165) is 20.5 Å². The zero-order chi connectivity index (χ0) is 16.2. The van der Waals surface area contributed by atoms with Gasteiger partial charge in [0.25, 0.3) is 5.91 Å². The summed E-state index contributed by atoms with van der Waals surface area (Å²) in [7, 11) is 0. The summed E-state index contributed by atoms with van der Waals surface area (Å²) in [5.74, 6) is -0.102. The maximum Gasteiger partial charge on any atom is 0.268 e. The number of hydrogen-bond acceptors (Lipinski definition) is 2. The lowest BCUT2D eigenvalue weighted by Gasteiger charge is -2.10. The van der Waals surface area contributed by atoms with Crippen LogP contribution in [0.1, 0.15) is 21.7 Å². The third kappa shape index (κ3) is 3.79. The molecule has 0 unspecified atom stereocenters. The minimum atomic E-state index is -0.102. The van der Waals surface area contributed by atoms with Crippen molar-refractivity contribution in [2.24, 2.45) is 0 Å². The minimum Gasteiger partial charge on any atom is -0.347 e. The Morgan fingerprint density at radius 3 is 2.83 bits per heavy atom. The van der Waals surface area contributed by atoms with Crippen molar-refractivity contribution in [1.29, 1.82) is 0 Å². The molecule has 0 fully saturated rings. The molecule has 0 spiro atoms.